The fourth-order valence-electron chi connectivity index (χ4n) is 2.28. The highest BCUT2D eigenvalue weighted by molar-refractivity contribution is 7.20. The lowest BCUT2D eigenvalue weighted by Gasteiger charge is -2.05. The van der Waals surface area contributed by atoms with Gasteiger partial charge in [-0.05, 0) is 19.1 Å². The molecule has 4 rings (SSSR count). The molecule has 0 atom stereocenters. The highest BCUT2D eigenvalue weighted by atomic mass is 32.1. The van der Waals surface area contributed by atoms with E-state index in [0.717, 1.165) is 15.9 Å². The number of fused-ring (bicyclic) bond motifs is 1. The Balaban J connectivity index is 1.71. The number of aromatic nitrogens is 5. The topological polar surface area (TPSA) is 85.6 Å². The largest absolute Gasteiger partial charge is 0.305 e. The number of hydrogen-bond donors (Lipinski definition) is 1. The second kappa shape index (κ2) is 5.82. The van der Waals surface area contributed by atoms with Crippen molar-refractivity contribution in [2.75, 3.05) is 5.32 Å². The zero-order valence-corrected chi connectivity index (χ0v) is 13.5. The number of thiazole rings is 1. The number of anilines is 1. The second-order valence-corrected chi connectivity index (χ2v) is 6.10. The molecule has 7 nitrogen and oxygen atoms in total. The van der Waals surface area contributed by atoms with Gasteiger partial charge in [-0.15, -0.1) is 0 Å². The Morgan fingerprint density at radius 2 is 2.12 bits per heavy atom. The number of carbonyl (C=O) groups excluding carboxylic acids is 1. The van der Waals surface area contributed by atoms with Crippen LogP contribution in [0.3, 0.4) is 0 Å². The maximum atomic E-state index is 12.3. The molecule has 1 aromatic carbocycles. The van der Waals surface area contributed by atoms with Crippen molar-refractivity contribution in [3.8, 4) is 5.13 Å². The first-order valence-electron chi connectivity index (χ1n) is 7.21. The minimum atomic E-state index is -0.342. The summed E-state index contributed by atoms with van der Waals surface area (Å²) in [6.07, 6.45) is 4.41. The molecule has 0 unspecified atom stereocenters. The monoisotopic (exact) mass is 336 g/mol. The highest BCUT2D eigenvalue weighted by Gasteiger charge is 2.15. The molecule has 0 fully saturated rings. The number of nitrogens with zero attached hydrogens (tertiary/aromatic N) is 5. The number of carbonyl (C=O) groups is 1. The molecule has 0 spiro atoms. The van der Waals surface area contributed by atoms with Crippen LogP contribution in [0.15, 0.2) is 48.9 Å². The number of benzene rings is 1. The first-order valence-corrected chi connectivity index (χ1v) is 8.02. The van der Waals surface area contributed by atoms with Crippen LogP contribution in [0.2, 0.25) is 0 Å². The average molecular weight is 336 g/mol. The minimum absolute atomic E-state index is 0.243. The van der Waals surface area contributed by atoms with E-state index in [9.17, 15) is 4.79 Å². The molecule has 1 amide bonds. The Morgan fingerprint density at radius 1 is 1.25 bits per heavy atom. The van der Waals surface area contributed by atoms with E-state index in [2.05, 4.69) is 25.4 Å². The van der Waals surface area contributed by atoms with E-state index < -0.39 is 0 Å². The third-order valence-corrected chi connectivity index (χ3v) is 4.34. The summed E-state index contributed by atoms with van der Waals surface area (Å²) >= 11 is 1.51. The highest BCUT2D eigenvalue weighted by Crippen LogP contribution is 2.27. The SMILES string of the molecule is Cc1cc(NC(=O)c2cnccn2)n(-c2nc3ccccc3s2)n1. The maximum absolute atomic E-state index is 12.3. The van der Waals surface area contributed by atoms with E-state index in [4.69, 9.17) is 0 Å². The molecule has 24 heavy (non-hydrogen) atoms. The van der Waals surface area contributed by atoms with Crippen molar-refractivity contribution in [1.29, 1.82) is 0 Å². The van der Waals surface area contributed by atoms with E-state index in [0.29, 0.717) is 10.9 Å². The van der Waals surface area contributed by atoms with Gasteiger partial charge in [0.15, 0.2) is 0 Å². The molecule has 1 N–H and O–H groups in total. The maximum Gasteiger partial charge on any atom is 0.277 e. The number of para-hydroxylation sites is 1. The van der Waals surface area contributed by atoms with Gasteiger partial charge in [-0.1, -0.05) is 23.5 Å². The lowest BCUT2D eigenvalue weighted by molar-refractivity contribution is 0.102. The van der Waals surface area contributed by atoms with Gasteiger partial charge in [-0.25, -0.2) is 9.97 Å². The molecule has 4 aromatic rings. The fourth-order valence-corrected chi connectivity index (χ4v) is 3.21. The molecule has 0 radical (unpaired) electrons. The molecule has 0 saturated heterocycles. The van der Waals surface area contributed by atoms with Crippen LogP contribution in [0, 0.1) is 6.92 Å². The van der Waals surface area contributed by atoms with Gasteiger partial charge in [0.1, 0.15) is 11.5 Å². The molecule has 3 heterocycles. The van der Waals surface area contributed by atoms with Gasteiger partial charge in [0.25, 0.3) is 5.91 Å². The number of aryl methyl sites for hydroxylation is 1. The van der Waals surface area contributed by atoms with E-state index >= 15 is 0 Å². The Morgan fingerprint density at radius 3 is 2.92 bits per heavy atom. The van der Waals surface area contributed by atoms with Crippen LogP contribution in [0.5, 0.6) is 0 Å². The molecule has 0 aliphatic carbocycles. The molecule has 3 aromatic heterocycles. The van der Waals surface area contributed by atoms with Crippen LogP contribution < -0.4 is 5.32 Å². The summed E-state index contributed by atoms with van der Waals surface area (Å²) in [6, 6.07) is 9.65. The van der Waals surface area contributed by atoms with Crippen LogP contribution in [0.1, 0.15) is 16.2 Å². The Bertz CT molecular complexity index is 990. The van der Waals surface area contributed by atoms with Crippen LogP contribution in [-0.2, 0) is 0 Å². The fraction of sp³-hybridized carbons (Fsp3) is 0.0625. The van der Waals surface area contributed by atoms with Gasteiger partial charge in [0.05, 0.1) is 22.1 Å². The zero-order valence-electron chi connectivity index (χ0n) is 12.7. The summed E-state index contributed by atoms with van der Waals surface area (Å²) in [5.41, 5.74) is 1.92. The molecule has 0 saturated carbocycles. The first kappa shape index (κ1) is 14.5. The van der Waals surface area contributed by atoms with Crippen molar-refractivity contribution in [2.45, 2.75) is 6.92 Å². The standard InChI is InChI=1S/C16H12N6OS/c1-10-8-14(20-15(23)12-9-17-6-7-18-12)22(21-10)16-19-11-4-2-3-5-13(11)24-16/h2-9H,1H3,(H,20,23). The lowest BCUT2D eigenvalue weighted by Crippen LogP contribution is -2.16. The molecule has 118 valence electrons. The van der Waals surface area contributed by atoms with Crippen molar-refractivity contribution in [3.63, 3.8) is 0 Å². The van der Waals surface area contributed by atoms with E-state index in [-0.39, 0.29) is 11.6 Å². The number of nitrogens with one attached hydrogen (secondary N) is 1. The van der Waals surface area contributed by atoms with E-state index in [1.807, 2.05) is 31.2 Å². The van der Waals surface area contributed by atoms with Gasteiger partial charge in [-0.3, -0.25) is 9.78 Å². The van der Waals surface area contributed by atoms with Gasteiger partial charge in [0, 0.05) is 18.5 Å². The van der Waals surface area contributed by atoms with E-state index in [1.165, 1.54) is 29.9 Å². The van der Waals surface area contributed by atoms with Crippen molar-refractivity contribution in [2.24, 2.45) is 0 Å². The quantitative estimate of drug-likeness (QED) is 0.622. The summed E-state index contributed by atoms with van der Waals surface area (Å²) < 4.78 is 2.70. The molecular formula is C16H12N6OS. The van der Waals surface area contributed by atoms with Crippen LogP contribution in [-0.4, -0.2) is 30.6 Å². The van der Waals surface area contributed by atoms with Crippen molar-refractivity contribution >= 4 is 33.3 Å². The predicted molar refractivity (Wildman–Crippen MR) is 91.5 cm³/mol. The molecule has 0 aliphatic rings. The van der Waals surface area contributed by atoms with Crippen molar-refractivity contribution in [1.82, 2.24) is 24.7 Å². The van der Waals surface area contributed by atoms with E-state index in [1.54, 1.807) is 10.7 Å². The summed E-state index contributed by atoms with van der Waals surface area (Å²) in [5.74, 6) is 0.201. The first-order chi connectivity index (χ1) is 11.7. The average Bonchev–Trinajstić information content (AvgIpc) is 3.18. The second-order valence-electron chi connectivity index (χ2n) is 5.09. The van der Waals surface area contributed by atoms with Gasteiger partial charge in [-0.2, -0.15) is 9.78 Å². The Labute approximate surface area is 141 Å². The molecule has 8 heteroatoms. The summed E-state index contributed by atoms with van der Waals surface area (Å²) in [7, 11) is 0. The lowest BCUT2D eigenvalue weighted by atomic mass is 10.3. The molecule has 0 aliphatic heterocycles. The van der Waals surface area contributed by atoms with Crippen molar-refractivity contribution in [3.05, 3.63) is 60.3 Å². The number of rotatable bonds is 3. The van der Waals surface area contributed by atoms with Gasteiger partial charge in [0.2, 0.25) is 5.13 Å². The smallest absolute Gasteiger partial charge is 0.277 e. The van der Waals surface area contributed by atoms with Crippen LogP contribution >= 0.6 is 11.3 Å². The van der Waals surface area contributed by atoms with Crippen LogP contribution in [0.25, 0.3) is 15.3 Å². The normalized spacial score (nSPS) is 10.9. The van der Waals surface area contributed by atoms with Crippen molar-refractivity contribution < 1.29 is 4.79 Å². The van der Waals surface area contributed by atoms with Crippen LogP contribution in [0.4, 0.5) is 5.82 Å². The zero-order chi connectivity index (χ0) is 16.5. The molecular weight excluding hydrogens is 324 g/mol. The van der Waals surface area contributed by atoms with Gasteiger partial charge < -0.3 is 5.32 Å². The summed E-state index contributed by atoms with van der Waals surface area (Å²) in [4.78, 5) is 24.8. The number of hydrogen-bond acceptors (Lipinski definition) is 6. The predicted octanol–water partition coefficient (Wildman–Crippen LogP) is 2.83. The van der Waals surface area contributed by atoms with Gasteiger partial charge >= 0.3 is 0 Å². The molecule has 0 bridgehead atoms. The Hall–Kier alpha value is -3.13. The Kier molecular flexibility index (Phi) is 3.51. The number of amides is 1. The third-order valence-electron chi connectivity index (χ3n) is 3.33. The summed E-state index contributed by atoms with van der Waals surface area (Å²) in [6.45, 7) is 1.86. The third kappa shape index (κ3) is 2.63. The summed E-state index contributed by atoms with van der Waals surface area (Å²) in [5, 5.41) is 7.95. The minimum Gasteiger partial charge on any atom is -0.305 e.